The highest BCUT2D eigenvalue weighted by molar-refractivity contribution is 5.95. The van der Waals surface area contributed by atoms with Gasteiger partial charge in [-0.15, -0.1) is 0 Å². The van der Waals surface area contributed by atoms with Crippen molar-refractivity contribution in [1.82, 2.24) is 4.73 Å². The summed E-state index contributed by atoms with van der Waals surface area (Å²) in [7, 11) is 0. The van der Waals surface area contributed by atoms with E-state index in [2.05, 4.69) is 0 Å². The number of aromatic hydroxyl groups is 1. The molecule has 0 saturated heterocycles. The summed E-state index contributed by atoms with van der Waals surface area (Å²) in [5, 5.41) is 19.2. The third kappa shape index (κ3) is 0.885. The van der Waals surface area contributed by atoms with Gasteiger partial charge in [0.2, 0.25) is 0 Å². The van der Waals surface area contributed by atoms with Gasteiger partial charge in [-0.3, -0.25) is 4.79 Å². The summed E-state index contributed by atoms with van der Waals surface area (Å²) in [6.45, 7) is 0. The first-order valence-electron chi connectivity index (χ1n) is 3.65. The van der Waals surface area contributed by atoms with Crippen LogP contribution in [0.5, 0.6) is 5.75 Å². The molecule has 0 aliphatic carbocycles. The maximum Gasteiger partial charge on any atom is 0.259 e. The van der Waals surface area contributed by atoms with Gasteiger partial charge in [0.15, 0.2) is 11.4 Å². The number of nitrogens with zero attached hydrogens (tertiary/aromatic N) is 1. The minimum Gasteiger partial charge on any atom is -0.505 e. The second-order valence-corrected chi connectivity index (χ2v) is 2.63. The summed E-state index contributed by atoms with van der Waals surface area (Å²) in [6.07, 6.45) is 1.47. The molecule has 4 heteroatoms. The molecule has 1 radical (unpaired) electrons. The van der Waals surface area contributed by atoms with Crippen molar-refractivity contribution >= 4 is 17.2 Å². The molecular weight excluding hydrogens is 170 g/mol. The largest absolute Gasteiger partial charge is 0.505 e. The van der Waals surface area contributed by atoms with Crippen LogP contribution in [-0.2, 0) is 4.79 Å². The predicted molar refractivity (Wildman–Crippen MR) is 45.6 cm³/mol. The van der Waals surface area contributed by atoms with Crippen LogP contribution in [0.1, 0.15) is 5.69 Å². The van der Waals surface area contributed by atoms with Gasteiger partial charge in [-0.25, -0.2) is 0 Å². The average molecular weight is 176 g/mol. The van der Waals surface area contributed by atoms with Gasteiger partial charge >= 0.3 is 0 Å². The van der Waals surface area contributed by atoms with E-state index in [0.717, 1.165) is 0 Å². The van der Waals surface area contributed by atoms with Gasteiger partial charge in [0.05, 0.1) is 5.52 Å². The number of benzene rings is 1. The fourth-order valence-corrected chi connectivity index (χ4v) is 1.30. The second-order valence-electron chi connectivity index (χ2n) is 2.63. The zero-order valence-corrected chi connectivity index (χ0v) is 6.56. The van der Waals surface area contributed by atoms with Crippen LogP contribution in [0.3, 0.4) is 0 Å². The van der Waals surface area contributed by atoms with Gasteiger partial charge in [-0.05, 0) is 12.1 Å². The van der Waals surface area contributed by atoms with Crippen LogP contribution in [0.25, 0.3) is 10.9 Å². The molecule has 65 valence electrons. The van der Waals surface area contributed by atoms with Crippen molar-refractivity contribution in [3.05, 3.63) is 30.0 Å². The van der Waals surface area contributed by atoms with Crippen LogP contribution in [0.2, 0.25) is 0 Å². The number of hydrogen-bond acceptors (Lipinski definition) is 3. The molecule has 2 rings (SSSR count). The Balaban J connectivity index is 2.96. The van der Waals surface area contributed by atoms with Crippen LogP contribution < -0.4 is 0 Å². The summed E-state index contributed by atoms with van der Waals surface area (Å²) in [4.78, 5) is 10.4. The van der Waals surface area contributed by atoms with E-state index in [1.165, 1.54) is 6.29 Å². The van der Waals surface area contributed by atoms with E-state index in [0.29, 0.717) is 15.6 Å². The highest BCUT2D eigenvalue weighted by Gasteiger charge is 2.15. The average Bonchev–Trinajstić information content (AvgIpc) is 2.41. The Morgan fingerprint density at radius 1 is 1.31 bits per heavy atom. The lowest BCUT2D eigenvalue weighted by Crippen LogP contribution is -1.95. The van der Waals surface area contributed by atoms with Crippen molar-refractivity contribution < 1.29 is 15.1 Å². The Hall–Kier alpha value is -1.97. The van der Waals surface area contributed by atoms with Crippen molar-refractivity contribution in [2.75, 3.05) is 0 Å². The van der Waals surface area contributed by atoms with E-state index in [9.17, 15) is 15.1 Å². The van der Waals surface area contributed by atoms with Crippen LogP contribution in [-0.4, -0.2) is 21.3 Å². The molecule has 0 fully saturated rings. The molecule has 1 heterocycles. The minimum absolute atomic E-state index is 0.242. The molecule has 2 aromatic rings. The minimum atomic E-state index is -0.249. The first-order valence-corrected chi connectivity index (χ1v) is 3.65. The molecule has 0 spiro atoms. The fourth-order valence-electron chi connectivity index (χ4n) is 1.30. The lowest BCUT2D eigenvalue weighted by Gasteiger charge is -1.92. The van der Waals surface area contributed by atoms with Crippen molar-refractivity contribution in [3.63, 3.8) is 0 Å². The predicted octanol–water partition coefficient (Wildman–Crippen LogP) is 1.04. The van der Waals surface area contributed by atoms with E-state index >= 15 is 0 Å². The smallest absolute Gasteiger partial charge is 0.259 e. The summed E-state index contributed by atoms with van der Waals surface area (Å²) < 4.78 is 0.623. The summed E-state index contributed by atoms with van der Waals surface area (Å²) in [5.74, 6) is -0.242. The number of aromatic nitrogens is 1. The topological polar surface area (TPSA) is 62.5 Å². The lowest BCUT2D eigenvalue weighted by atomic mass is 10.2. The zero-order chi connectivity index (χ0) is 9.42. The Labute approximate surface area is 73.6 Å². The zero-order valence-electron chi connectivity index (χ0n) is 6.56. The number of carbonyl (C=O) groups excluding carboxylic acids is 1. The molecule has 4 nitrogen and oxygen atoms in total. The highest BCUT2D eigenvalue weighted by atomic mass is 16.5. The molecule has 13 heavy (non-hydrogen) atoms. The van der Waals surface area contributed by atoms with Gasteiger partial charge in [-0.1, -0.05) is 12.1 Å². The van der Waals surface area contributed by atoms with E-state index in [4.69, 9.17) is 0 Å². The maximum atomic E-state index is 10.4. The third-order valence-electron chi connectivity index (χ3n) is 1.92. The molecule has 1 aromatic carbocycles. The monoisotopic (exact) mass is 176 g/mol. The second kappa shape index (κ2) is 2.52. The van der Waals surface area contributed by atoms with Crippen LogP contribution in [0, 0.1) is 0 Å². The van der Waals surface area contributed by atoms with Crippen molar-refractivity contribution in [2.45, 2.75) is 0 Å². The van der Waals surface area contributed by atoms with E-state index in [1.807, 2.05) is 0 Å². The molecule has 0 aliphatic rings. The normalized spacial score (nSPS) is 10.5. The Kier molecular flexibility index (Phi) is 1.48. The Morgan fingerprint density at radius 3 is 2.62 bits per heavy atom. The van der Waals surface area contributed by atoms with E-state index in [1.54, 1.807) is 24.3 Å². The van der Waals surface area contributed by atoms with Crippen molar-refractivity contribution in [2.24, 2.45) is 0 Å². The first-order chi connectivity index (χ1) is 6.25. The molecule has 0 atom stereocenters. The van der Waals surface area contributed by atoms with Gasteiger partial charge < -0.3 is 10.3 Å². The fraction of sp³-hybridized carbons (Fsp3) is 0. The van der Waals surface area contributed by atoms with Crippen LogP contribution >= 0.6 is 0 Å². The Bertz CT molecular complexity index is 434. The molecule has 0 bridgehead atoms. The lowest BCUT2D eigenvalue weighted by molar-refractivity contribution is 0.196. The summed E-state index contributed by atoms with van der Waals surface area (Å²) in [6, 6.07) is 6.60. The third-order valence-corrected chi connectivity index (χ3v) is 1.92. The van der Waals surface area contributed by atoms with Gasteiger partial charge in [-0.2, -0.15) is 4.73 Å². The molecule has 0 amide bonds. The molecule has 0 unspecified atom stereocenters. The SMILES string of the molecule is O=[C]c1c(O)c2ccccc2n1O. The van der Waals surface area contributed by atoms with Crippen molar-refractivity contribution in [3.8, 4) is 5.75 Å². The standard InChI is InChI=1S/C9H6NO3/c11-5-8-9(12)6-3-1-2-4-7(6)10(8)13/h1-4,12-13H. The number of rotatable bonds is 1. The Morgan fingerprint density at radius 2 is 2.00 bits per heavy atom. The quantitative estimate of drug-likeness (QED) is 0.638. The van der Waals surface area contributed by atoms with Crippen molar-refractivity contribution in [1.29, 1.82) is 0 Å². The molecule has 2 N–H and O–H groups in total. The summed E-state index contributed by atoms with van der Waals surface area (Å²) in [5.41, 5.74) is 0.138. The maximum absolute atomic E-state index is 10.4. The van der Waals surface area contributed by atoms with Crippen LogP contribution in [0.15, 0.2) is 24.3 Å². The highest BCUT2D eigenvalue weighted by Crippen LogP contribution is 2.29. The number of fused-ring (bicyclic) bond motifs is 1. The molecule has 0 aliphatic heterocycles. The molecular formula is C9H6NO3. The van der Waals surface area contributed by atoms with Gasteiger partial charge in [0.25, 0.3) is 6.29 Å². The van der Waals surface area contributed by atoms with E-state index < -0.39 is 0 Å². The van der Waals surface area contributed by atoms with E-state index in [-0.39, 0.29) is 11.4 Å². The summed E-state index contributed by atoms with van der Waals surface area (Å²) >= 11 is 0. The van der Waals surface area contributed by atoms with Gasteiger partial charge in [0, 0.05) is 5.39 Å². The number of para-hydroxylation sites is 1. The van der Waals surface area contributed by atoms with Crippen LogP contribution in [0.4, 0.5) is 0 Å². The molecule has 1 aromatic heterocycles. The number of hydrogen-bond donors (Lipinski definition) is 2. The van der Waals surface area contributed by atoms with Gasteiger partial charge in [0.1, 0.15) is 0 Å². The molecule has 0 saturated carbocycles. The first kappa shape index (κ1) is 7.67.